The Bertz CT molecular complexity index is 309. The van der Waals surface area contributed by atoms with Crippen LogP contribution in [0.1, 0.15) is 33.1 Å². The third-order valence-electron chi connectivity index (χ3n) is 3.36. The van der Waals surface area contributed by atoms with Gasteiger partial charge in [0.1, 0.15) is 6.04 Å². The summed E-state index contributed by atoms with van der Waals surface area (Å²) in [6.07, 6.45) is 1.57. The molecule has 2 unspecified atom stereocenters. The van der Waals surface area contributed by atoms with E-state index in [9.17, 15) is 9.59 Å². The summed E-state index contributed by atoms with van der Waals surface area (Å²) in [6.45, 7) is 6.28. The molecule has 0 saturated carbocycles. The van der Waals surface area contributed by atoms with E-state index in [0.717, 1.165) is 6.42 Å². The molecular weight excluding hydrogens is 248 g/mol. The highest BCUT2D eigenvalue weighted by Crippen LogP contribution is 2.15. The molecule has 2 N–H and O–H groups in total. The second kappa shape index (κ2) is 8.12. The molecule has 0 bridgehead atoms. The molecule has 110 valence electrons. The lowest BCUT2D eigenvalue weighted by molar-refractivity contribution is -0.138. The van der Waals surface area contributed by atoms with Crippen LogP contribution in [0, 0.1) is 0 Å². The van der Waals surface area contributed by atoms with Gasteiger partial charge < -0.3 is 15.2 Å². The number of amides is 1. The van der Waals surface area contributed by atoms with Crippen LogP contribution in [0.2, 0.25) is 0 Å². The first kappa shape index (κ1) is 15.9. The van der Waals surface area contributed by atoms with Crippen LogP contribution in [0.5, 0.6) is 0 Å². The van der Waals surface area contributed by atoms with Crippen molar-refractivity contribution in [3.8, 4) is 0 Å². The van der Waals surface area contributed by atoms with Gasteiger partial charge in [-0.3, -0.25) is 14.5 Å². The van der Waals surface area contributed by atoms with Gasteiger partial charge >= 0.3 is 5.97 Å². The van der Waals surface area contributed by atoms with Crippen LogP contribution in [0.4, 0.5) is 0 Å². The van der Waals surface area contributed by atoms with Gasteiger partial charge in [-0.25, -0.2) is 0 Å². The number of hydrogen-bond acceptors (Lipinski definition) is 4. The minimum Gasteiger partial charge on any atom is -0.481 e. The molecule has 1 saturated heterocycles. The first-order valence-electron chi connectivity index (χ1n) is 6.89. The molecule has 0 aromatic heterocycles. The maximum Gasteiger partial charge on any atom is 0.303 e. The van der Waals surface area contributed by atoms with Crippen molar-refractivity contribution >= 4 is 11.9 Å². The van der Waals surface area contributed by atoms with Crippen LogP contribution >= 0.6 is 0 Å². The van der Waals surface area contributed by atoms with Gasteiger partial charge in [0.15, 0.2) is 0 Å². The molecule has 0 aromatic carbocycles. The summed E-state index contributed by atoms with van der Waals surface area (Å²) in [5.41, 5.74) is 0. The predicted octanol–water partition coefficient (Wildman–Crippen LogP) is 0.467. The summed E-state index contributed by atoms with van der Waals surface area (Å²) in [5.74, 6) is -0.823. The zero-order valence-electron chi connectivity index (χ0n) is 11.7. The number of hydrogen-bond donors (Lipinski definition) is 2. The monoisotopic (exact) mass is 272 g/mol. The molecule has 1 aliphatic rings. The van der Waals surface area contributed by atoms with E-state index in [-0.39, 0.29) is 24.4 Å². The van der Waals surface area contributed by atoms with Crippen LogP contribution in [0.3, 0.4) is 0 Å². The molecule has 6 heteroatoms. The van der Waals surface area contributed by atoms with E-state index in [1.54, 1.807) is 0 Å². The summed E-state index contributed by atoms with van der Waals surface area (Å²) < 4.78 is 5.37. The van der Waals surface area contributed by atoms with Crippen molar-refractivity contribution in [1.82, 2.24) is 10.2 Å². The van der Waals surface area contributed by atoms with Crippen LogP contribution in [-0.4, -0.2) is 60.3 Å². The predicted molar refractivity (Wildman–Crippen MR) is 70.9 cm³/mol. The number of carboxylic acids is 1. The Morgan fingerprint density at radius 1 is 1.53 bits per heavy atom. The normalized spacial score (nSPS) is 21.9. The van der Waals surface area contributed by atoms with E-state index in [0.29, 0.717) is 32.7 Å². The maximum atomic E-state index is 12.1. The lowest BCUT2D eigenvalue weighted by atomic mass is 10.1. The van der Waals surface area contributed by atoms with Crippen LogP contribution in [0.15, 0.2) is 0 Å². The van der Waals surface area contributed by atoms with Crippen molar-refractivity contribution in [1.29, 1.82) is 0 Å². The molecule has 6 nitrogen and oxygen atoms in total. The average molecular weight is 272 g/mol. The smallest absolute Gasteiger partial charge is 0.303 e. The maximum absolute atomic E-state index is 12.1. The zero-order valence-corrected chi connectivity index (χ0v) is 11.7. The highest BCUT2D eigenvalue weighted by molar-refractivity contribution is 5.82. The van der Waals surface area contributed by atoms with Gasteiger partial charge in [0.05, 0.1) is 13.2 Å². The van der Waals surface area contributed by atoms with Crippen molar-refractivity contribution in [3.05, 3.63) is 0 Å². The Morgan fingerprint density at radius 3 is 2.89 bits per heavy atom. The zero-order chi connectivity index (χ0) is 14.3. The average Bonchev–Trinajstić information content (AvgIpc) is 2.42. The van der Waals surface area contributed by atoms with E-state index in [1.165, 1.54) is 0 Å². The molecule has 1 amide bonds. The van der Waals surface area contributed by atoms with Crippen molar-refractivity contribution in [2.75, 3.05) is 26.3 Å². The minimum atomic E-state index is -0.799. The summed E-state index contributed by atoms with van der Waals surface area (Å²) in [4.78, 5) is 24.7. The summed E-state index contributed by atoms with van der Waals surface area (Å²) in [7, 11) is 0. The topological polar surface area (TPSA) is 78.9 Å². The second-order valence-corrected chi connectivity index (χ2v) is 4.90. The number of nitrogens with one attached hydrogen (secondary N) is 1. The van der Waals surface area contributed by atoms with Gasteiger partial charge in [-0.05, 0) is 19.8 Å². The standard InChI is InChI=1S/C13H24N2O4/c1-3-6-14-13(18)11-9-19-8-7-15(11)10(2)4-5-12(16)17/h10-11H,3-9H2,1-2H3,(H,14,18)(H,16,17). The highest BCUT2D eigenvalue weighted by atomic mass is 16.5. The second-order valence-electron chi connectivity index (χ2n) is 4.90. The molecule has 0 spiro atoms. The molecule has 0 radical (unpaired) electrons. The van der Waals surface area contributed by atoms with Crippen LogP contribution in [-0.2, 0) is 14.3 Å². The Labute approximate surface area is 114 Å². The number of aliphatic carboxylic acids is 1. The number of morpholine rings is 1. The summed E-state index contributed by atoms with van der Waals surface area (Å²) >= 11 is 0. The van der Waals surface area contributed by atoms with Gasteiger partial charge in [-0.1, -0.05) is 6.92 Å². The Kier molecular flexibility index (Phi) is 6.80. The fourth-order valence-corrected chi connectivity index (χ4v) is 2.23. The Balaban J connectivity index is 2.55. The largest absolute Gasteiger partial charge is 0.481 e. The quantitative estimate of drug-likeness (QED) is 0.704. The van der Waals surface area contributed by atoms with Crippen molar-refractivity contribution in [3.63, 3.8) is 0 Å². The minimum absolute atomic E-state index is 0.0243. The number of carbonyl (C=O) groups is 2. The lowest BCUT2D eigenvalue weighted by Gasteiger charge is -2.38. The highest BCUT2D eigenvalue weighted by Gasteiger charge is 2.32. The Hall–Kier alpha value is -1.14. The molecule has 0 aliphatic carbocycles. The van der Waals surface area contributed by atoms with E-state index in [4.69, 9.17) is 9.84 Å². The molecule has 1 heterocycles. The molecule has 19 heavy (non-hydrogen) atoms. The number of carbonyl (C=O) groups excluding carboxylic acids is 1. The molecule has 1 fully saturated rings. The van der Waals surface area contributed by atoms with Crippen molar-refractivity contribution in [2.45, 2.75) is 45.2 Å². The summed E-state index contributed by atoms with van der Waals surface area (Å²) in [5, 5.41) is 11.6. The van der Waals surface area contributed by atoms with Crippen molar-refractivity contribution in [2.24, 2.45) is 0 Å². The number of nitrogens with zero attached hydrogens (tertiary/aromatic N) is 1. The number of carboxylic acid groups (broad SMARTS) is 1. The van der Waals surface area contributed by atoms with E-state index in [1.807, 2.05) is 13.8 Å². The van der Waals surface area contributed by atoms with E-state index in [2.05, 4.69) is 10.2 Å². The van der Waals surface area contributed by atoms with E-state index < -0.39 is 5.97 Å². The SMILES string of the molecule is CCCNC(=O)C1COCCN1C(C)CCC(=O)O. The number of ether oxygens (including phenoxy) is 1. The number of rotatable bonds is 7. The first-order valence-corrected chi connectivity index (χ1v) is 6.89. The van der Waals surface area contributed by atoms with Gasteiger partial charge in [0.25, 0.3) is 0 Å². The fourth-order valence-electron chi connectivity index (χ4n) is 2.23. The summed E-state index contributed by atoms with van der Waals surface area (Å²) in [6, 6.07) is -0.235. The molecule has 1 rings (SSSR count). The molecule has 2 atom stereocenters. The van der Waals surface area contributed by atoms with Gasteiger partial charge in [-0.15, -0.1) is 0 Å². The van der Waals surface area contributed by atoms with Gasteiger partial charge in [-0.2, -0.15) is 0 Å². The molecule has 0 aromatic rings. The van der Waals surface area contributed by atoms with Gasteiger partial charge in [0, 0.05) is 25.6 Å². The lowest BCUT2D eigenvalue weighted by Crippen LogP contribution is -2.56. The molecular formula is C13H24N2O4. The fraction of sp³-hybridized carbons (Fsp3) is 0.846. The van der Waals surface area contributed by atoms with Gasteiger partial charge in [0.2, 0.25) is 5.91 Å². The van der Waals surface area contributed by atoms with E-state index >= 15 is 0 Å². The van der Waals surface area contributed by atoms with Crippen LogP contribution < -0.4 is 5.32 Å². The molecule has 1 aliphatic heterocycles. The van der Waals surface area contributed by atoms with Crippen molar-refractivity contribution < 1.29 is 19.4 Å². The third kappa shape index (κ3) is 5.16. The van der Waals surface area contributed by atoms with Crippen LogP contribution in [0.25, 0.3) is 0 Å². The Morgan fingerprint density at radius 2 is 2.26 bits per heavy atom. The third-order valence-corrected chi connectivity index (χ3v) is 3.36. The first-order chi connectivity index (χ1) is 9.06.